The molecule has 0 saturated carbocycles. The molecule has 3 rings (SSSR count). The van der Waals surface area contributed by atoms with Gasteiger partial charge in [0.05, 0.1) is 29.1 Å². The summed E-state index contributed by atoms with van der Waals surface area (Å²) in [4.78, 5) is 10.6. The molecule has 1 aromatic heterocycles. The maximum atomic E-state index is 13.6. The number of benzene rings is 2. The first-order valence-corrected chi connectivity index (χ1v) is 12.0. The third-order valence-electron chi connectivity index (χ3n) is 4.84. The van der Waals surface area contributed by atoms with Crippen LogP contribution in [0.15, 0.2) is 54.6 Å². The number of hydrogen-bond acceptors (Lipinski definition) is 5. The van der Waals surface area contributed by atoms with Crippen LogP contribution < -0.4 is 0 Å². The highest BCUT2D eigenvalue weighted by atomic mass is 31.1. The first kappa shape index (κ1) is 25.3. The Labute approximate surface area is 198 Å². The number of aliphatic hydroxyl groups is 1. The second-order valence-corrected chi connectivity index (χ2v) is 9.15. The van der Waals surface area contributed by atoms with Gasteiger partial charge in [-0.05, 0) is 46.9 Å². The molecule has 0 aliphatic heterocycles. The first-order valence-electron chi connectivity index (χ1n) is 10.7. The standard InChI is InChI=1S/C25H24FN2O5P/c1-17(2)24-22(9-6-14-33-34(32)16-21(29)15-23(30)31)25(18-10-12-19(26)13-11-18)28(27-24)20-7-4-3-5-8-20/h3-5,7-8,10-13,17,21,29H,14-16H2,1-2H3/p+1. The van der Waals surface area contributed by atoms with Crippen LogP contribution in [0.3, 0.4) is 0 Å². The number of para-hydroxylation sites is 1. The van der Waals surface area contributed by atoms with Crippen LogP contribution in [0, 0.1) is 17.7 Å². The lowest BCUT2D eigenvalue weighted by Gasteiger charge is -2.08. The van der Waals surface area contributed by atoms with E-state index in [1.807, 2.05) is 44.2 Å². The Morgan fingerprint density at radius 2 is 1.85 bits per heavy atom. The van der Waals surface area contributed by atoms with Crippen LogP contribution in [-0.4, -0.2) is 44.8 Å². The second-order valence-electron chi connectivity index (χ2n) is 7.86. The summed E-state index contributed by atoms with van der Waals surface area (Å²) in [7, 11) is -2.27. The van der Waals surface area contributed by atoms with Crippen molar-refractivity contribution in [2.24, 2.45) is 0 Å². The van der Waals surface area contributed by atoms with E-state index in [0.29, 0.717) is 11.3 Å². The smallest absolute Gasteiger partial charge is 0.481 e. The highest BCUT2D eigenvalue weighted by Crippen LogP contribution is 2.32. The van der Waals surface area contributed by atoms with E-state index >= 15 is 0 Å². The molecule has 2 aromatic carbocycles. The van der Waals surface area contributed by atoms with Gasteiger partial charge in [-0.3, -0.25) is 4.79 Å². The molecule has 1 heterocycles. The van der Waals surface area contributed by atoms with Crippen molar-refractivity contribution in [3.63, 3.8) is 0 Å². The summed E-state index contributed by atoms with van der Waals surface area (Å²) in [6, 6.07) is 15.6. The van der Waals surface area contributed by atoms with E-state index in [1.165, 1.54) is 12.1 Å². The zero-order valence-electron chi connectivity index (χ0n) is 18.8. The number of aromatic nitrogens is 2. The number of carboxylic acid groups (broad SMARTS) is 1. The summed E-state index contributed by atoms with van der Waals surface area (Å²) in [5.41, 5.74) is 3.65. The van der Waals surface area contributed by atoms with Gasteiger partial charge >= 0.3 is 14.0 Å². The molecule has 0 fully saturated rings. The summed E-state index contributed by atoms with van der Waals surface area (Å²) >= 11 is 0. The molecule has 176 valence electrons. The van der Waals surface area contributed by atoms with Gasteiger partial charge in [0.1, 0.15) is 11.9 Å². The van der Waals surface area contributed by atoms with E-state index in [4.69, 9.17) is 14.7 Å². The highest BCUT2D eigenvalue weighted by Gasteiger charge is 2.25. The second kappa shape index (κ2) is 11.7. The van der Waals surface area contributed by atoms with Gasteiger partial charge in [0.15, 0.2) is 6.61 Å². The molecule has 0 saturated heterocycles. The van der Waals surface area contributed by atoms with Gasteiger partial charge < -0.3 is 10.2 Å². The third kappa shape index (κ3) is 6.58. The Kier molecular flexibility index (Phi) is 8.67. The van der Waals surface area contributed by atoms with Crippen molar-refractivity contribution in [3.8, 4) is 28.8 Å². The summed E-state index contributed by atoms with van der Waals surface area (Å²) in [5, 5.41) is 23.1. The fourth-order valence-electron chi connectivity index (χ4n) is 3.31. The van der Waals surface area contributed by atoms with Crippen LogP contribution in [0.4, 0.5) is 4.39 Å². The molecule has 34 heavy (non-hydrogen) atoms. The molecule has 9 heteroatoms. The van der Waals surface area contributed by atoms with Gasteiger partial charge in [0.2, 0.25) is 6.16 Å². The van der Waals surface area contributed by atoms with Crippen molar-refractivity contribution in [1.82, 2.24) is 9.78 Å². The van der Waals surface area contributed by atoms with Crippen molar-refractivity contribution in [1.29, 1.82) is 0 Å². The molecule has 0 aliphatic carbocycles. The molecule has 2 unspecified atom stereocenters. The van der Waals surface area contributed by atoms with Crippen molar-refractivity contribution < 1.29 is 28.5 Å². The van der Waals surface area contributed by atoms with E-state index in [9.17, 15) is 18.9 Å². The monoisotopic (exact) mass is 483 g/mol. The van der Waals surface area contributed by atoms with Crippen molar-refractivity contribution in [2.45, 2.75) is 32.3 Å². The van der Waals surface area contributed by atoms with E-state index in [-0.39, 0.29) is 24.5 Å². The summed E-state index contributed by atoms with van der Waals surface area (Å²) < 4.78 is 32.5. The quantitative estimate of drug-likeness (QED) is 0.337. The van der Waals surface area contributed by atoms with Crippen molar-refractivity contribution in [3.05, 3.63) is 71.7 Å². The summed E-state index contributed by atoms with van der Waals surface area (Å²) in [6.45, 7) is 3.81. The molecular formula is C25H25FN2O5P+. The van der Waals surface area contributed by atoms with Crippen LogP contribution in [0.5, 0.6) is 0 Å². The number of nitrogens with zero attached hydrogens (tertiary/aromatic N) is 2. The molecule has 0 spiro atoms. The minimum absolute atomic E-state index is 0.0391. The van der Waals surface area contributed by atoms with Gasteiger partial charge in [0.25, 0.3) is 0 Å². The van der Waals surface area contributed by atoms with Gasteiger partial charge in [-0.1, -0.05) is 43.9 Å². The molecule has 0 amide bonds. The Bertz CT molecular complexity index is 1210. The topological polar surface area (TPSA) is 102 Å². The number of aliphatic carboxylic acids is 1. The minimum atomic E-state index is -2.27. The molecule has 3 aromatic rings. The van der Waals surface area contributed by atoms with Crippen LogP contribution in [0.1, 0.15) is 37.4 Å². The lowest BCUT2D eigenvalue weighted by atomic mass is 10.0. The van der Waals surface area contributed by atoms with Crippen molar-refractivity contribution >= 4 is 14.0 Å². The number of rotatable bonds is 9. The van der Waals surface area contributed by atoms with Crippen LogP contribution in [0.25, 0.3) is 16.9 Å². The SMILES string of the molecule is CC(C)c1nn(-c2ccccc2)c(-c2ccc(F)cc2)c1C#CCO[P+](=O)CC(O)CC(=O)O. The maximum Gasteiger partial charge on any atom is 0.511 e. The molecule has 2 atom stereocenters. The van der Waals surface area contributed by atoms with Gasteiger partial charge in [-0.2, -0.15) is 5.10 Å². The van der Waals surface area contributed by atoms with Crippen LogP contribution >= 0.6 is 8.03 Å². The zero-order valence-corrected chi connectivity index (χ0v) is 19.7. The fraction of sp³-hybridized carbons (Fsp3) is 0.280. The average molecular weight is 483 g/mol. The molecule has 0 radical (unpaired) electrons. The Morgan fingerprint density at radius 3 is 2.47 bits per heavy atom. The Morgan fingerprint density at radius 1 is 1.18 bits per heavy atom. The summed E-state index contributed by atoms with van der Waals surface area (Å²) in [6.07, 6.45) is -2.04. The zero-order chi connectivity index (χ0) is 24.7. The van der Waals surface area contributed by atoms with Crippen LogP contribution in [0.2, 0.25) is 0 Å². The van der Waals surface area contributed by atoms with E-state index in [2.05, 4.69) is 11.8 Å². The number of hydrogen-bond donors (Lipinski definition) is 2. The highest BCUT2D eigenvalue weighted by molar-refractivity contribution is 7.39. The predicted octanol–water partition coefficient (Wildman–Crippen LogP) is 4.75. The molecule has 0 bridgehead atoms. The predicted molar refractivity (Wildman–Crippen MR) is 127 cm³/mol. The number of carbonyl (C=O) groups is 1. The number of carboxylic acids is 1. The van der Waals surface area contributed by atoms with E-state index in [1.54, 1.807) is 16.8 Å². The number of aliphatic hydroxyl groups excluding tert-OH is 1. The fourth-order valence-corrected chi connectivity index (χ4v) is 4.10. The Balaban J connectivity index is 1.94. The van der Waals surface area contributed by atoms with Gasteiger partial charge in [0, 0.05) is 5.56 Å². The largest absolute Gasteiger partial charge is 0.511 e. The first-order chi connectivity index (χ1) is 16.3. The minimum Gasteiger partial charge on any atom is -0.481 e. The van der Waals surface area contributed by atoms with Crippen LogP contribution in [-0.2, 0) is 13.9 Å². The molecule has 0 aliphatic rings. The number of halogens is 1. The molecular weight excluding hydrogens is 458 g/mol. The normalized spacial score (nSPS) is 12.2. The van der Waals surface area contributed by atoms with Gasteiger partial charge in [-0.25, -0.2) is 9.07 Å². The maximum absolute atomic E-state index is 13.6. The molecule has 2 N–H and O–H groups in total. The van der Waals surface area contributed by atoms with Gasteiger partial charge in [-0.15, -0.1) is 4.52 Å². The summed E-state index contributed by atoms with van der Waals surface area (Å²) in [5.74, 6) is 4.42. The Hall–Kier alpha value is -3.37. The lowest BCUT2D eigenvalue weighted by molar-refractivity contribution is -0.138. The molecule has 7 nitrogen and oxygen atoms in total. The average Bonchev–Trinajstić information content (AvgIpc) is 3.17. The lowest BCUT2D eigenvalue weighted by Crippen LogP contribution is -2.15. The van der Waals surface area contributed by atoms with E-state index < -0.39 is 26.5 Å². The third-order valence-corrected chi connectivity index (χ3v) is 5.98. The van der Waals surface area contributed by atoms with Crippen molar-refractivity contribution in [2.75, 3.05) is 12.8 Å². The van der Waals surface area contributed by atoms with E-state index in [0.717, 1.165) is 16.9 Å².